The molecule has 0 radical (unpaired) electrons. The molecule has 0 fully saturated rings. The molecular formula is C30H18F10O3. The van der Waals surface area contributed by atoms with Crippen LogP contribution in [-0.2, 0) is 6.42 Å². The lowest BCUT2D eigenvalue weighted by atomic mass is 9.99. The summed E-state index contributed by atoms with van der Waals surface area (Å²) in [5.74, 6) is -12.5. The molecule has 43 heavy (non-hydrogen) atoms. The van der Waals surface area contributed by atoms with E-state index in [2.05, 4.69) is 4.74 Å². The number of alkyl halides is 4. The predicted molar refractivity (Wildman–Crippen MR) is 134 cm³/mol. The Morgan fingerprint density at radius 1 is 0.721 bits per heavy atom. The van der Waals surface area contributed by atoms with E-state index in [9.17, 15) is 48.7 Å². The van der Waals surface area contributed by atoms with Crippen LogP contribution in [0.2, 0.25) is 0 Å². The summed E-state index contributed by atoms with van der Waals surface area (Å²) in [6.07, 6.45) is -8.27. The van der Waals surface area contributed by atoms with Gasteiger partial charge in [0.1, 0.15) is 34.6 Å². The van der Waals surface area contributed by atoms with Crippen molar-refractivity contribution in [1.29, 1.82) is 0 Å². The largest absolute Gasteiger partial charge is 0.461 e. The van der Waals surface area contributed by atoms with E-state index in [1.807, 2.05) is 6.92 Å². The van der Waals surface area contributed by atoms with E-state index in [0.717, 1.165) is 30.7 Å². The third-order valence-corrected chi connectivity index (χ3v) is 6.08. The minimum absolute atomic E-state index is 0.120. The highest BCUT2D eigenvalue weighted by Gasteiger charge is 2.45. The summed E-state index contributed by atoms with van der Waals surface area (Å²) in [5.41, 5.74) is -1.95. The molecule has 0 aliphatic rings. The average molecular weight is 616 g/mol. The van der Waals surface area contributed by atoms with Gasteiger partial charge >= 0.3 is 18.5 Å². The van der Waals surface area contributed by atoms with E-state index in [4.69, 9.17) is 4.74 Å². The Kier molecular flexibility index (Phi) is 9.02. The van der Waals surface area contributed by atoms with Crippen molar-refractivity contribution in [1.82, 2.24) is 0 Å². The van der Waals surface area contributed by atoms with Crippen LogP contribution in [0.3, 0.4) is 0 Å². The van der Waals surface area contributed by atoms with Gasteiger partial charge in [0, 0.05) is 17.2 Å². The van der Waals surface area contributed by atoms with E-state index < -0.39 is 81.6 Å². The highest BCUT2D eigenvalue weighted by molar-refractivity contribution is 5.92. The zero-order chi connectivity index (χ0) is 31.6. The Bertz CT molecular complexity index is 1640. The minimum Gasteiger partial charge on any atom is -0.423 e. The molecule has 3 nitrogen and oxygen atoms in total. The highest BCUT2D eigenvalue weighted by atomic mass is 19.3. The van der Waals surface area contributed by atoms with Crippen molar-refractivity contribution in [2.24, 2.45) is 0 Å². The zero-order valence-electron chi connectivity index (χ0n) is 21.8. The number of halogens is 10. The van der Waals surface area contributed by atoms with E-state index in [-0.39, 0.29) is 11.1 Å². The Morgan fingerprint density at radius 2 is 1.23 bits per heavy atom. The van der Waals surface area contributed by atoms with Crippen molar-refractivity contribution in [2.75, 3.05) is 0 Å². The number of carbonyl (C=O) groups excluding carboxylic acids is 1. The molecule has 0 spiro atoms. The van der Waals surface area contributed by atoms with Crippen LogP contribution >= 0.6 is 0 Å². The summed E-state index contributed by atoms with van der Waals surface area (Å²) in [4.78, 5) is 12.5. The van der Waals surface area contributed by atoms with Crippen molar-refractivity contribution in [3.63, 3.8) is 0 Å². The lowest BCUT2D eigenvalue weighted by Crippen LogP contribution is -2.34. The third-order valence-electron chi connectivity index (χ3n) is 6.08. The van der Waals surface area contributed by atoms with Crippen molar-refractivity contribution in [2.45, 2.75) is 32.3 Å². The Balaban J connectivity index is 1.56. The van der Waals surface area contributed by atoms with Gasteiger partial charge < -0.3 is 9.47 Å². The second-order valence-corrected chi connectivity index (χ2v) is 9.14. The van der Waals surface area contributed by atoms with Gasteiger partial charge in [-0.15, -0.1) is 0 Å². The molecule has 0 N–H and O–H groups in total. The molecule has 226 valence electrons. The molecule has 0 unspecified atom stereocenters. The molecule has 0 heterocycles. The van der Waals surface area contributed by atoms with Crippen molar-refractivity contribution >= 4 is 5.97 Å². The highest BCUT2D eigenvalue weighted by Crippen LogP contribution is 2.36. The lowest BCUT2D eigenvalue weighted by molar-refractivity contribution is -0.255. The first kappa shape index (κ1) is 31.4. The summed E-state index contributed by atoms with van der Waals surface area (Å²) in [6.45, 7) is 1.89. The van der Waals surface area contributed by atoms with Crippen LogP contribution < -0.4 is 9.47 Å². The molecule has 0 bridgehead atoms. The molecule has 0 aliphatic heterocycles. The fourth-order valence-corrected chi connectivity index (χ4v) is 4.11. The molecule has 4 aromatic carbocycles. The number of aryl methyl sites for hydroxylation is 1. The van der Waals surface area contributed by atoms with Crippen LogP contribution in [0.1, 0.15) is 29.3 Å². The second-order valence-electron chi connectivity index (χ2n) is 9.14. The summed E-state index contributed by atoms with van der Waals surface area (Å²) in [7, 11) is 0. The summed E-state index contributed by atoms with van der Waals surface area (Å²) >= 11 is 0. The van der Waals surface area contributed by atoms with Gasteiger partial charge in [-0.25, -0.2) is 31.1 Å². The van der Waals surface area contributed by atoms with Crippen molar-refractivity contribution < 1.29 is 58.2 Å². The fourth-order valence-electron chi connectivity index (χ4n) is 4.11. The predicted octanol–water partition coefficient (Wildman–Crippen LogP) is 9.26. The Labute approximate surface area is 237 Å². The maximum absolute atomic E-state index is 14.8. The van der Waals surface area contributed by atoms with Gasteiger partial charge in [-0.05, 0) is 65.6 Å². The van der Waals surface area contributed by atoms with Crippen LogP contribution in [0, 0.1) is 34.9 Å². The number of hydrogen-bond acceptors (Lipinski definition) is 3. The number of rotatable bonds is 9. The molecule has 0 aromatic heterocycles. The number of carbonyl (C=O) groups is 1. The van der Waals surface area contributed by atoms with Gasteiger partial charge in [0.15, 0.2) is 17.4 Å². The molecular weight excluding hydrogens is 598 g/mol. The normalized spacial score (nSPS) is 11.6. The Hall–Kier alpha value is -4.55. The van der Waals surface area contributed by atoms with Crippen LogP contribution in [0.4, 0.5) is 43.9 Å². The van der Waals surface area contributed by atoms with Gasteiger partial charge in [-0.1, -0.05) is 25.5 Å². The van der Waals surface area contributed by atoms with Crippen LogP contribution in [-0.4, -0.2) is 18.5 Å². The zero-order valence-corrected chi connectivity index (χ0v) is 21.8. The van der Waals surface area contributed by atoms with Crippen LogP contribution in [0.5, 0.6) is 11.5 Å². The monoisotopic (exact) mass is 616 g/mol. The van der Waals surface area contributed by atoms with Crippen LogP contribution in [0.25, 0.3) is 22.3 Å². The van der Waals surface area contributed by atoms with Gasteiger partial charge in [-0.2, -0.15) is 17.6 Å². The molecule has 0 atom stereocenters. The number of hydrogen-bond donors (Lipinski definition) is 0. The second kappa shape index (κ2) is 12.4. The third kappa shape index (κ3) is 6.76. The number of esters is 1. The van der Waals surface area contributed by atoms with Crippen LogP contribution in [0.15, 0.2) is 60.7 Å². The van der Waals surface area contributed by atoms with E-state index in [1.54, 1.807) is 6.07 Å². The molecule has 0 aliphatic carbocycles. The van der Waals surface area contributed by atoms with E-state index in [1.165, 1.54) is 12.1 Å². The summed E-state index contributed by atoms with van der Waals surface area (Å²) < 4.78 is 146. The summed E-state index contributed by atoms with van der Waals surface area (Å²) in [6, 6.07) is 8.50. The number of ether oxygens (including phenoxy) is 2. The molecule has 4 aromatic rings. The van der Waals surface area contributed by atoms with E-state index in [0.29, 0.717) is 30.2 Å². The minimum atomic E-state index is -5.21. The maximum Gasteiger partial charge on any atom is 0.461 e. The first-order chi connectivity index (χ1) is 20.2. The van der Waals surface area contributed by atoms with E-state index >= 15 is 0 Å². The molecule has 0 saturated heterocycles. The molecule has 0 saturated carbocycles. The fraction of sp³-hybridized carbons (Fsp3) is 0.167. The van der Waals surface area contributed by atoms with Gasteiger partial charge in [0.05, 0.1) is 0 Å². The van der Waals surface area contributed by atoms with Gasteiger partial charge in [0.2, 0.25) is 0 Å². The topological polar surface area (TPSA) is 35.5 Å². The standard InChI is InChI=1S/C30H18F10O3/c1-2-3-14-4-6-18(20(31)8-14)15-9-22(33)26(23(34)10-15)28(41)42-17-5-7-19(21(32)13-17)16-11-24(35)27(25(36)12-16)43-30(39,40)29(37)38/h4-13,29H,2-3H2,1H3. The van der Waals surface area contributed by atoms with Crippen molar-refractivity contribution in [3.8, 4) is 33.8 Å². The smallest absolute Gasteiger partial charge is 0.423 e. The van der Waals surface area contributed by atoms with Gasteiger partial charge in [-0.3, -0.25) is 0 Å². The quantitative estimate of drug-likeness (QED) is 0.107. The number of benzene rings is 4. The molecule has 4 rings (SSSR count). The van der Waals surface area contributed by atoms with Crippen molar-refractivity contribution in [3.05, 3.63) is 107 Å². The Morgan fingerprint density at radius 3 is 1.72 bits per heavy atom. The van der Waals surface area contributed by atoms with Gasteiger partial charge in [0.25, 0.3) is 0 Å². The molecule has 13 heteroatoms. The molecule has 0 amide bonds. The summed E-state index contributed by atoms with van der Waals surface area (Å²) in [5, 5.41) is 0. The lowest BCUT2D eigenvalue weighted by Gasteiger charge is -2.18. The SMILES string of the molecule is CCCc1ccc(-c2cc(F)c(C(=O)Oc3ccc(-c4cc(F)c(OC(F)(F)C(F)F)c(F)c4)c(F)c3)c(F)c2)c(F)c1. The average Bonchev–Trinajstić information content (AvgIpc) is 2.90. The first-order valence-corrected chi connectivity index (χ1v) is 12.4. The first-order valence-electron chi connectivity index (χ1n) is 12.4. The maximum atomic E-state index is 14.8.